The Balaban J connectivity index is 1.97. The third kappa shape index (κ3) is 4.77. The number of halogens is 3. The van der Waals surface area contributed by atoms with E-state index in [9.17, 15) is 17.2 Å². The summed E-state index contributed by atoms with van der Waals surface area (Å²) in [5.74, 6) is 0.209. The summed E-state index contributed by atoms with van der Waals surface area (Å²) < 4.78 is 55.2. The van der Waals surface area contributed by atoms with Gasteiger partial charge in [0.1, 0.15) is 5.75 Å². The predicted molar refractivity (Wildman–Crippen MR) is 78.9 cm³/mol. The van der Waals surface area contributed by atoms with Crippen LogP contribution in [0.15, 0.2) is 23.1 Å². The first-order chi connectivity index (χ1) is 10.4. The lowest BCUT2D eigenvalue weighted by atomic mass is 10.1. The Morgan fingerprint density at radius 2 is 2.23 bits per heavy atom. The molecule has 1 fully saturated rings. The highest BCUT2D eigenvalue weighted by molar-refractivity contribution is 7.89. The molecule has 0 amide bonds. The third-order valence-corrected chi connectivity index (χ3v) is 5.19. The van der Waals surface area contributed by atoms with Crippen LogP contribution >= 0.6 is 11.6 Å². The fourth-order valence-corrected chi connectivity index (χ4v) is 3.65. The summed E-state index contributed by atoms with van der Waals surface area (Å²) in [6, 6.07) is 3.39. The number of hydrogen-bond acceptors (Lipinski definition) is 4. The van der Waals surface area contributed by atoms with Crippen molar-refractivity contribution in [2.75, 3.05) is 19.6 Å². The SMILES string of the molecule is O=S(=O)(NCCC1CCNC1)c1ccc(OC(F)F)c(Cl)c1. The molecule has 1 heterocycles. The molecule has 0 aliphatic carbocycles. The smallest absolute Gasteiger partial charge is 0.387 e. The summed E-state index contributed by atoms with van der Waals surface area (Å²) in [6.45, 7) is -0.842. The van der Waals surface area contributed by atoms with E-state index in [0.29, 0.717) is 12.5 Å². The van der Waals surface area contributed by atoms with E-state index >= 15 is 0 Å². The van der Waals surface area contributed by atoms with Crippen molar-refractivity contribution < 1.29 is 21.9 Å². The van der Waals surface area contributed by atoms with E-state index < -0.39 is 16.6 Å². The summed E-state index contributed by atoms with van der Waals surface area (Å²) in [6.07, 6.45) is 1.78. The Kier molecular flexibility index (Phi) is 5.96. The molecule has 1 aromatic rings. The first-order valence-electron chi connectivity index (χ1n) is 6.83. The molecule has 1 aliphatic rings. The number of ether oxygens (including phenoxy) is 1. The van der Waals surface area contributed by atoms with Gasteiger partial charge in [-0.05, 0) is 50.0 Å². The van der Waals surface area contributed by atoms with Gasteiger partial charge in [0.15, 0.2) is 0 Å². The molecule has 1 saturated heterocycles. The summed E-state index contributed by atoms with van der Waals surface area (Å²) in [4.78, 5) is -0.0799. The number of benzene rings is 1. The van der Waals surface area contributed by atoms with Gasteiger partial charge in [-0.2, -0.15) is 8.78 Å². The minimum atomic E-state index is -3.72. The van der Waals surface area contributed by atoms with E-state index in [2.05, 4.69) is 14.8 Å². The van der Waals surface area contributed by atoms with Crippen LogP contribution in [0.25, 0.3) is 0 Å². The van der Waals surface area contributed by atoms with Crippen molar-refractivity contribution in [1.29, 1.82) is 0 Å². The van der Waals surface area contributed by atoms with Gasteiger partial charge < -0.3 is 10.1 Å². The molecule has 2 N–H and O–H groups in total. The van der Waals surface area contributed by atoms with Gasteiger partial charge in [0, 0.05) is 6.54 Å². The van der Waals surface area contributed by atoms with Crippen molar-refractivity contribution in [2.45, 2.75) is 24.3 Å². The molecular formula is C13H17ClF2N2O3S. The van der Waals surface area contributed by atoms with Crippen LogP contribution in [0.4, 0.5) is 8.78 Å². The maximum Gasteiger partial charge on any atom is 0.387 e. The van der Waals surface area contributed by atoms with E-state index in [1.54, 1.807) is 0 Å². The van der Waals surface area contributed by atoms with Crippen molar-refractivity contribution >= 4 is 21.6 Å². The lowest BCUT2D eigenvalue weighted by molar-refractivity contribution is -0.0498. The lowest BCUT2D eigenvalue weighted by Crippen LogP contribution is -2.26. The zero-order valence-corrected chi connectivity index (χ0v) is 13.3. The predicted octanol–water partition coefficient (Wildman–Crippen LogP) is 2.22. The van der Waals surface area contributed by atoms with Crippen molar-refractivity contribution in [1.82, 2.24) is 10.0 Å². The fraction of sp³-hybridized carbons (Fsp3) is 0.538. The highest BCUT2D eigenvalue weighted by atomic mass is 35.5. The average molecular weight is 355 g/mol. The van der Waals surface area contributed by atoms with Crippen LogP contribution < -0.4 is 14.8 Å². The van der Waals surface area contributed by atoms with Crippen molar-refractivity contribution in [3.63, 3.8) is 0 Å². The number of hydrogen-bond donors (Lipinski definition) is 2. The van der Waals surface area contributed by atoms with Gasteiger partial charge in [0.05, 0.1) is 9.92 Å². The second kappa shape index (κ2) is 7.54. The van der Waals surface area contributed by atoms with E-state index in [-0.39, 0.29) is 15.7 Å². The first-order valence-corrected chi connectivity index (χ1v) is 8.69. The van der Waals surface area contributed by atoms with Crippen LogP contribution in [0.5, 0.6) is 5.75 Å². The molecule has 0 radical (unpaired) electrons. The molecule has 1 aliphatic heterocycles. The molecule has 1 aromatic carbocycles. The Labute approximate surface area is 133 Å². The zero-order chi connectivity index (χ0) is 16.2. The molecule has 0 bridgehead atoms. The number of alkyl halides is 2. The average Bonchev–Trinajstić information content (AvgIpc) is 2.93. The van der Waals surface area contributed by atoms with E-state index in [4.69, 9.17) is 11.6 Å². The van der Waals surface area contributed by atoms with Crippen LogP contribution in [-0.4, -0.2) is 34.7 Å². The quantitative estimate of drug-likeness (QED) is 0.788. The van der Waals surface area contributed by atoms with Crippen molar-refractivity contribution in [3.05, 3.63) is 23.2 Å². The third-order valence-electron chi connectivity index (χ3n) is 3.44. The van der Waals surface area contributed by atoms with Crippen LogP contribution in [0.1, 0.15) is 12.8 Å². The van der Waals surface area contributed by atoms with Gasteiger partial charge in [-0.1, -0.05) is 11.6 Å². The normalized spacial score (nSPS) is 18.8. The Hall–Kier alpha value is -0.960. The molecule has 22 heavy (non-hydrogen) atoms. The molecule has 2 rings (SSSR count). The standard InChI is InChI=1S/C13H17ClF2N2O3S/c14-11-7-10(1-2-12(11)21-13(15)16)22(19,20)18-6-4-9-3-5-17-8-9/h1-2,7,9,13,17-18H,3-6,8H2. The molecule has 1 atom stereocenters. The molecule has 9 heteroatoms. The minimum Gasteiger partial charge on any atom is -0.433 e. The Morgan fingerprint density at radius 3 is 2.82 bits per heavy atom. The highest BCUT2D eigenvalue weighted by Gasteiger charge is 2.19. The molecule has 0 spiro atoms. The van der Waals surface area contributed by atoms with Crippen LogP contribution in [-0.2, 0) is 10.0 Å². The molecule has 124 valence electrons. The van der Waals surface area contributed by atoms with Crippen molar-refractivity contribution in [2.24, 2.45) is 5.92 Å². The molecule has 0 saturated carbocycles. The number of sulfonamides is 1. The van der Waals surface area contributed by atoms with Gasteiger partial charge >= 0.3 is 6.61 Å². The maximum absolute atomic E-state index is 12.1. The number of rotatable bonds is 7. The maximum atomic E-state index is 12.1. The Morgan fingerprint density at radius 1 is 1.45 bits per heavy atom. The highest BCUT2D eigenvalue weighted by Crippen LogP contribution is 2.28. The molecule has 0 aromatic heterocycles. The van der Waals surface area contributed by atoms with Gasteiger partial charge in [0.2, 0.25) is 10.0 Å². The second-order valence-electron chi connectivity index (χ2n) is 5.02. The van der Waals surface area contributed by atoms with Crippen molar-refractivity contribution in [3.8, 4) is 5.75 Å². The van der Waals surface area contributed by atoms with E-state index in [1.807, 2.05) is 0 Å². The molecule has 1 unspecified atom stereocenters. The van der Waals surface area contributed by atoms with Gasteiger partial charge in [-0.15, -0.1) is 0 Å². The van der Waals surface area contributed by atoms with E-state index in [0.717, 1.165) is 38.1 Å². The lowest BCUT2D eigenvalue weighted by Gasteiger charge is -2.11. The Bertz CT molecular complexity index is 607. The summed E-state index contributed by atoms with van der Waals surface area (Å²) in [7, 11) is -3.72. The topological polar surface area (TPSA) is 67.4 Å². The summed E-state index contributed by atoms with van der Waals surface area (Å²) in [5.41, 5.74) is 0. The minimum absolute atomic E-state index is 0.0799. The molecule has 5 nitrogen and oxygen atoms in total. The van der Waals surface area contributed by atoms with E-state index in [1.165, 1.54) is 6.07 Å². The second-order valence-corrected chi connectivity index (χ2v) is 7.19. The first kappa shape index (κ1) is 17.4. The van der Waals surface area contributed by atoms with Gasteiger partial charge in [-0.25, -0.2) is 13.1 Å². The van der Waals surface area contributed by atoms with Gasteiger partial charge in [0.25, 0.3) is 0 Å². The largest absolute Gasteiger partial charge is 0.433 e. The monoisotopic (exact) mass is 354 g/mol. The van der Waals surface area contributed by atoms with Crippen LogP contribution in [0, 0.1) is 5.92 Å². The molecular weight excluding hydrogens is 338 g/mol. The number of nitrogens with one attached hydrogen (secondary N) is 2. The zero-order valence-electron chi connectivity index (χ0n) is 11.7. The van der Waals surface area contributed by atoms with Crippen LogP contribution in [0.2, 0.25) is 5.02 Å². The van der Waals surface area contributed by atoms with Gasteiger partial charge in [-0.3, -0.25) is 0 Å². The fourth-order valence-electron chi connectivity index (χ4n) is 2.28. The summed E-state index contributed by atoms with van der Waals surface area (Å²) >= 11 is 5.76. The van der Waals surface area contributed by atoms with Crippen LogP contribution in [0.3, 0.4) is 0 Å². The summed E-state index contributed by atoms with van der Waals surface area (Å²) in [5, 5.41) is 3.03.